The summed E-state index contributed by atoms with van der Waals surface area (Å²) in [4.78, 5) is 2.45. The summed E-state index contributed by atoms with van der Waals surface area (Å²) in [6.07, 6.45) is 3.51. The summed E-state index contributed by atoms with van der Waals surface area (Å²) in [6.45, 7) is 6.29. The van der Waals surface area contributed by atoms with Gasteiger partial charge in [-0.05, 0) is 76.8 Å². The average molecular weight is 521 g/mol. The Morgan fingerprint density at radius 3 is 1.97 bits per heavy atom. The zero-order chi connectivity index (χ0) is 27.2. The molecule has 202 valence electrons. The van der Waals surface area contributed by atoms with E-state index in [0.29, 0.717) is 30.6 Å². The third-order valence-electron chi connectivity index (χ3n) is 8.00. The predicted octanol–water partition coefficient (Wildman–Crippen LogP) is 6.68. The number of fused-ring (bicyclic) bond motifs is 1. The fraction of sp³-hybridized carbons (Fsp3) is 0.314. The molecule has 39 heavy (non-hydrogen) atoms. The first-order valence-corrected chi connectivity index (χ1v) is 14.2. The number of nitrogens with two attached hydrogens (primary N) is 1. The molecule has 0 radical (unpaired) electrons. The topological polar surface area (TPSA) is 58.7 Å². The van der Waals surface area contributed by atoms with Crippen LogP contribution in [-0.4, -0.2) is 22.6 Å². The van der Waals surface area contributed by atoms with Crippen LogP contribution in [-0.2, 0) is 38.8 Å². The van der Waals surface area contributed by atoms with Crippen molar-refractivity contribution in [3.05, 3.63) is 130 Å². The number of aryl methyl sites for hydroxylation is 2. The molecule has 5 rings (SSSR count). The summed E-state index contributed by atoms with van der Waals surface area (Å²) in [5.74, 6) is 0.639. The number of nitrogens with zero attached hydrogens (tertiary/aromatic N) is 1. The number of nitrogen functional groups attached to an aromatic ring is 1. The van der Waals surface area contributed by atoms with Gasteiger partial charge in [0.25, 0.3) is 0 Å². The zero-order valence-corrected chi connectivity index (χ0v) is 23.1. The smallest absolute Gasteiger partial charge is 0.142 e. The van der Waals surface area contributed by atoms with Gasteiger partial charge in [0.2, 0.25) is 0 Å². The summed E-state index contributed by atoms with van der Waals surface area (Å²) >= 11 is 0. The highest BCUT2D eigenvalue weighted by molar-refractivity contribution is 5.54. The predicted molar refractivity (Wildman–Crippen MR) is 160 cm³/mol. The van der Waals surface area contributed by atoms with Crippen molar-refractivity contribution >= 4 is 5.69 Å². The largest absolute Gasteiger partial charge is 0.487 e. The lowest BCUT2D eigenvalue weighted by Crippen LogP contribution is -2.38. The molecule has 1 aliphatic rings. The maximum Gasteiger partial charge on any atom is 0.142 e. The number of rotatable bonds is 11. The van der Waals surface area contributed by atoms with Gasteiger partial charge in [0.15, 0.2) is 0 Å². The number of aliphatic hydroxyl groups excluding tert-OH is 1. The van der Waals surface area contributed by atoms with E-state index in [2.05, 4.69) is 61.2 Å². The molecule has 4 heteroatoms. The Balaban J connectivity index is 1.32. The summed E-state index contributed by atoms with van der Waals surface area (Å²) in [5, 5.41) is 11.4. The second kappa shape index (κ2) is 12.5. The number of ether oxygens (including phenoxy) is 1. The van der Waals surface area contributed by atoms with E-state index in [1.807, 2.05) is 48.5 Å². The molecule has 0 saturated heterocycles. The minimum Gasteiger partial charge on any atom is -0.487 e. The van der Waals surface area contributed by atoms with Gasteiger partial charge in [-0.25, -0.2) is 0 Å². The SMILES string of the molecule is CCc1cc2c(cc1CC)CC(N(Cc1ccccc1)C[C@H](O)c1ccc(OCc3ccccc3)c(N)c1)C2. The molecule has 0 heterocycles. The molecular weight excluding hydrogens is 480 g/mol. The number of hydrogen-bond donors (Lipinski definition) is 2. The molecule has 4 aromatic carbocycles. The molecule has 0 bridgehead atoms. The first-order valence-electron chi connectivity index (χ1n) is 14.2. The van der Waals surface area contributed by atoms with Crippen molar-refractivity contribution < 1.29 is 9.84 Å². The molecule has 1 atom stereocenters. The molecule has 0 unspecified atom stereocenters. The van der Waals surface area contributed by atoms with Gasteiger partial charge in [-0.15, -0.1) is 0 Å². The number of benzene rings is 4. The first-order chi connectivity index (χ1) is 19.0. The highest BCUT2D eigenvalue weighted by Crippen LogP contribution is 2.32. The fourth-order valence-corrected chi connectivity index (χ4v) is 5.80. The molecule has 4 nitrogen and oxygen atoms in total. The normalized spacial score (nSPS) is 13.9. The van der Waals surface area contributed by atoms with Crippen LogP contribution in [0.15, 0.2) is 91.0 Å². The summed E-state index contributed by atoms with van der Waals surface area (Å²) in [7, 11) is 0. The van der Waals surface area contributed by atoms with Crippen LogP contribution < -0.4 is 10.5 Å². The van der Waals surface area contributed by atoms with Crippen LogP contribution in [0.1, 0.15) is 58.9 Å². The highest BCUT2D eigenvalue weighted by atomic mass is 16.5. The molecule has 4 aromatic rings. The molecule has 1 aliphatic carbocycles. The average Bonchev–Trinajstić information content (AvgIpc) is 3.39. The lowest BCUT2D eigenvalue weighted by Gasteiger charge is -2.31. The summed E-state index contributed by atoms with van der Waals surface area (Å²) in [6, 6.07) is 31.5. The van der Waals surface area contributed by atoms with E-state index in [1.165, 1.54) is 27.8 Å². The van der Waals surface area contributed by atoms with E-state index in [0.717, 1.165) is 43.4 Å². The molecule has 0 amide bonds. The maximum atomic E-state index is 11.4. The molecule has 0 spiro atoms. The van der Waals surface area contributed by atoms with Crippen LogP contribution in [0, 0.1) is 0 Å². The number of aliphatic hydroxyl groups is 1. The first kappa shape index (κ1) is 27.0. The van der Waals surface area contributed by atoms with Crippen molar-refractivity contribution in [2.45, 2.75) is 64.8 Å². The molecular formula is C35H40N2O2. The molecule has 0 saturated carbocycles. The lowest BCUT2D eigenvalue weighted by atomic mass is 9.97. The summed E-state index contributed by atoms with van der Waals surface area (Å²) in [5.41, 5.74) is 15.9. The van der Waals surface area contributed by atoms with E-state index in [1.54, 1.807) is 0 Å². The van der Waals surface area contributed by atoms with Crippen LogP contribution in [0.2, 0.25) is 0 Å². The van der Waals surface area contributed by atoms with Gasteiger partial charge in [-0.3, -0.25) is 4.90 Å². The van der Waals surface area contributed by atoms with Crippen LogP contribution in [0.25, 0.3) is 0 Å². The quantitative estimate of drug-likeness (QED) is 0.217. The van der Waals surface area contributed by atoms with Crippen molar-refractivity contribution in [3.8, 4) is 5.75 Å². The van der Waals surface area contributed by atoms with Gasteiger partial charge in [0, 0.05) is 19.1 Å². The van der Waals surface area contributed by atoms with Crippen molar-refractivity contribution in [2.75, 3.05) is 12.3 Å². The van der Waals surface area contributed by atoms with Crippen LogP contribution in [0.4, 0.5) is 5.69 Å². The third-order valence-corrected chi connectivity index (χ3v) is 8.00. The highest BCUT2D eigenvalue weighted by Gasteiger charge is 2.29. The second-order valence-corrected chi connectivity index (χ2v) is 10.7. The molecule has 0 aliphatic heterocycles. The van der Waals surface area contributed by atoms with E-state index >= 15 is 0 Å². The minimum absolute atomic E-state index is 0.345. The van der Waals surface area contributed by atoms with Crippen LogP contribution in [0.3, 0.4) is 0 Å². The molecule has 0 aromatic heterocycles. The van der Waals surface area contributed by atoms with Crippen molar-refractivity contribution in [1.29, 1.82) is 0 Å². The van der Waals surface area contributed by atoms with Gasteiger partial charge in [0.05, 0.1) is 11.8 Å². The Kier molecular flexibility index (Phi) is 8.65. The Morgan fingerprint density at radius 1 is 0.821 bits per heavy atom. The fourth-order valence-electron chi connectivity index (χ4n) is 5.80. The van der Waals surface area contributed by atoms with Crippen LogP contribution in [0.5, 0.6) is 5.75 Å². The third kappa shape index (κ3) is 6.52. The minimum atomic E-state index is -0.652. The van der Waals surface area contributed by atoms with Gasteiger partial charge < -0.3 is 15.6 Å². The standard InChI is InChI=1S/C35H40N2O2/c1-3-27-17-30-19-32(20-31(30)18-28(27)4-2)37(22-25-11-7-5-8-12-25)23-34(38)29-15-16-35(33(36)21-29)39-24-26-13-9-6-10-14-26/h5-18,21,32,34,38H,3-4,19-20,22-24,36H2,1-2H3/t34-/m0/s1. The summed E-state index contributed by atoms with van der Waals surface area (Å²) < 4.78 is 5.96. The lowest BCUT2D eigenvalue weighted by molar-refractivity contribution is 0.0836. The second-order valence-electron chi connectivity index (χ2n) is 10.7. The Labute approximate surface area is 233 Å². The maximum absolute atomic E-state index is 11.4. The number of hydrogen-bond acceptors (Lipinski definition) is 4. The molecule has 3 N–H and O–H groups in total. The van der Waals surface area contributed by atoms with Gasteiger partial charge in [0.1, 0.15) is 12.4 Å². The Morgan fingerprint density at radius 2 is 1.41 bits per heavy atom. The Bertz CT molecular complexity index is 1340. The van der Waals surface area contributed by atoms with E-state index in [-0.39, 0.29) is 0 Å². The van der Waals surface area contributed by atoms with Crippen molar-refractivity contribution in [3.63, 3.8) is 0 Å². The van der Waals surface area contributed by atoms with Crippen LogP contribution >= 0.6 is 0 Å². The van der Waals surface area contributed by atoms with Gasteiger partial charge in [-0.1, -0.05) is 92.7 Å². The van der Waals surface area contributed by atoms with E-state index in [9.17, 15) is 5.11 Å². The van der Waals surface area contributed by atoms with Crippen molar-refractivity contribution in [2.24, 2.45) is 0 Å². The van der Waals surface area contributed by atoms with Gasteiger partial charge in [-0.2, -0.15) is 0 Å². The Hall–Kier alpha value is -3.60. The zero-order valence-electron chi connectivity index (χ0n) is 23.1. The van der Waals surface area contributed by atoms with E-state index < -0.39 is 6.10 Å². The van der Waals surface area contributed by atoms with Crippen molar-refractivity contribution in [1.82, 2.24) is 4.90 Å². The monoisotopic (exact) mass is 520 g/mol. The molecule has 0 fully saturated rings. The van der Waals surface area contributed by atoms with E-state index in [4.69, 9.17) is 10.5 Å². The number of anilines is 1. The van der Waals surface area contributed by atoms with Gasteiger partial charge >= 0.3 is 0 Å².